The van der Waals surface area contributed by atoms with E-state index in [1.54, 1.807) is 0 Å². The van der Waals surface area contributed by atoms with E-state index in [0.29, 0.717) is 12.1 Å². The van der Waals surface area contributed by atoms with Crippen molar-refractivity contribution in [1.29, 1.82) is 0 Å². The minimum atomic E-state index is 0.493. The molecule has 1 rings (SSSR count). The van der Waals surface area contributed by atoms with Gasteiger partial charge in [0.05, 0.1) is 6.61 Å². The third-order valence-corrected chi connectivity index (χ3v) is 4.00. The van der Waals surface area contributed by atoms with Crippen molar-refractivity contribution in [2.45, 2.75) is 50.4 Å². The molecule has 3 heteroatoms. The van der Waals surface area contributed by atoms with Crippen molar-refractivity contribution in [2.24, 2.45) is 0 Å². The highest BCUT2D eigenvalue weighted by Gasteiger charge is 2.26. The van der Waals surface area contributed by atoms with Crippen LogP contribution in [0, 0.1) is 0 Å². The highest BCUT2D eigenvalue weighted by atomic mass is 32.2. The third kappa shape index (κ3) is 3.79. The van der Waals surface area contributed by atoms with Gasteiger partial charge in [-0.2, -0.15) is 11.8 Å². The number of nitrogens with one attached hydrogen (secondary N) is 1. The fourth-order valence-corrected chi connectivity index (χ4v) is 3.05. The molecule has 1 aliphatic rings. The summed E-state index contributed by atoms with van der Waals surface area (Å²) < 4.78 is 5.41. The van der Waals surface area contributed by atoms with Crippen molar-refractivity contribution >= 4 is 11.8 Å². The molecule has 2 nitrogen and oxygen atoms in total. The fourth-order valence-electron chi connectivity index (χ4n) is 2.11. The summed E-state index contributed by atoms with van der Waals surface area (Å²) in [6, 6.07) is 1.20. The van der Waals surface area contributed by atoms with Crippen molar-refractivity contribution < 1.29 is 4.74 Å². The highest BCUT2D eigenvalue weighted by Crippen LogP contribution is 2.28. The lowest BCUT2D eigenvalue weighted by atomic mass is 10.2. The largest absolute Gasteiger partial charge is 0.380 e. The molecule has 1 N–H and O–H groups in total. The van der Waals surface area contributed by atoms with E-state index in [1.807, 2.05) is 18.7 Å². The smallest absolute Gasteiger partial charge is 0.0616 e. The molecule has 84 valence electrons. The lowest BCUT2D eigenvalue weighted by Gasteiger charge is -2.23. The summed E-state index contributed by atoms with van der Waals surface area (Å²) in [5.41, 5.74) is 0. The molecule has 14 heavy (non-hydrogen) atoms. The SMILES string of the molecule is CCOCC(C)NC1CCCC1SC. The van der Waals surface area contributed by atoms with Crippen LogP contribution >= 0.6 is 11.8 Å². The lowest BCUT2D eigenvalue weighted by Crippen LogP contribution is -2.42. The van der Waals surface area contributed by atoms with E-state index in [2.05, 4.69) is 18.5 Å². The van der Waals surface area contributed by atoms with Crippen LogP contribution in [0.15, 0.2) is 0 Å². The monoisotopic (exact) mass is 217 g/mol. The van der Waals surface area contributed by atoms with Gasteiger partial charge in [0.1, 0.15) is 0 Å². The van der Waals surface area contributed by atoms with Crippen LogP contribution in [-0.4, -0.2) is 36.8 Å². The molecule has 0 aromatic rings. The second-order valence-corrected chi connectivity index (χ2v) is 5.12. The molecule has 0 heterocycles. The van der Waals surface area contributed by atoms with Gasteiger partial charge in [0.2, 0.25) is 0 Å². The Morgan fingerprint density at radius 2 is 2.29 bits per heavy atom. The Morgan fingerprint density at radius 1 is 1.50 bits per heavy atom. The van der Waals surface area contributed by atoms with Crippen LogP contribution in [0.2, 0.25) is 0 Å². The van der Waals surface area contributed by atoms with Gasteiger partial charge in [-0.25, -0.2) is 0 Å². The first-order chi connectivity index (χ1) is 6.77. The molecule has 0 radical (unpaired) electrons. The van der Waals surface area contributed by atoms with E-state index in [-0.39, 0.29) is 0 Å². The van der Waals surface area contributed by atoms with Gasteiger partial charge in [0, 0.05) is 23.9 Å². The molecule has 1 saturated carbocycles. The van der Waals surface area contributed by atoms with Crippen LogP contribution in [-0.2, 0) is 4.74 Å². The summed E-state index contributed by atoms with van der Waals surface area (Å²) in [5, 5.41) is 4.49. The first kappa shape index (κ1) is 12.3. The predicted octanol–water partition coefficient (Wildman–Crippen LogP) is 2.29. The zero-order chi connectivity index (χ0) is 10.4. The first-order valence-electron chi connectivity index (χ1n) is 5.64. The van der Waals surface area contributed by atoms with Crippen molar-refractivity contribution in [1.82, 2.24) is 5.32 Å². The van der Waals surface area contributed by atoms with Gasteiger partial charge in [0.15, 0.2) is 0 Å². The molecule has 0 amide bonds. The molecule has 0 aromatic carbocycles. The number of rotatable bonds is 6. The number of ether oxygens (including phenoxy) is 1. The lowest BCUT2D eigenvalue weighted by molar-refractivity contribution is 0.124. The average molecular weight is 217 g/mol. The molecule has 0 aromatic heterocycles. The average Bonchev–Trinajstić information content (AvgIpc) is 2.62. The topological polar surface area (TPSA) is 21.3 Å². The van der Waals surface area contributed by atoms with Gasteiger partial charge in [-0.15, -0.1) is 0 Å². The molecule has 3 unspecified atom stereocenters. The molecule has 1 aliphatic carbocycles. The van der Waals surface area contributed by atoms with Crippen LogP contribution in [0.3, 0.4) is 0 Å². The third-order valence-electron chi connectivity index (χ3n) is 2.83. The van der Waals surface area contributed by atoms with Gasteiger partial charge in [-0.05, 0) is 32.9 Å². The summed E-state index contributed by atoms with van der Waals surface area (Å²) in [6.45, 7) is 5.93. The van der Waals surface area contributed by atoms with Crippen LogP contribution in [0.1, 0.15) is 33.1 Å². The minimum Gasteiger partial charge on any atom is -0.380 e. The van der Waals surface area contributed by atoms with E-state index < -0.39 is 0 Å². The van der Waals surface area contributed by atoms with Gasteiger partial charge in [-0.1, -0.05) is 6.42 Å². The van der Waals surface area contributed by atoms with Crippen LogP contribution in [0.25, 0.3) is 0 Å². The maximum absolute atomic E-state index is 5.41. The second kappa shape index (κ2) is 6.70. The molecule has 1 fully saturated rings. The van der Waals surface area contributed by atoms with E-state index >= 15 is 0 Å². The summed E-state index contributed by atoms with van der Waals surface area (Å²) in [7, 11) is 0. The molecular formula is C11H23NOS. The first-order valence-corrected chi connectivity index (χ1v) is 6.93. The highest BCUT2D eigenvalue weighted by molar-refractivity contribution is 7.99. The van der Waals surface area contributed by atoms with E-state index in [1.165, 1.54) is 19.3 Å². The summed E-state index contributed by atoms with van der Waals surface area (Å²) in [4.78, 5) is 0. The normalized spacial score (nSPS) is 29.4. The summed E-state index contributed by atoms with van der Waals surface area (Å²) in [5.74, 6) is 0. The van der Waals surface area contributed by atoms with Crippen molar-refractivity contribution in [3.8, 4) is 0 Å². The Hall–Kier alpha value is 0.270. The zero-order valence-electron chi connectivity index (χ0n) is 9.58. The Balaban J connectivity index is 2.21. The van der Waals surface area contributed by atoms with Gasteiger partial charge in [-0.3, -0.25) is 0 Å². The van der Waals surface area contributed by atoms with Gasteiger partial charge >= 0.3 is 0 Å². The molecule has 0 aliphatic heterocycles. The zero-order valence-corrected chi connectivity index (χ0v) is 10.4. The van der Waals surface area contributed by atoms with Crippen LogP contribution < -0.4 is 5.32 Å². The Kier molecular flexibility index (Phi) is 5.90. The molecule has 0 spiro atoms. The second-order valence-electron chi connectivity index (χ2n) is 4.04. The molecule has 0 saturated heterocycles. The Bertz CT molecular complexity index is 154. The van der Waals surface area contributed by atoms with Gasteiger partial charge < -0.3 is 10.1 Å². The van der Waals surface area contributed by atoms with E-state index in [4.69, 9.17) is 4.74 Å². The Morgan fingerprint density at radius 3 is 2.93 bits per heavy atom. The number of hydrogen-bond donors (Lipinski definition) is 1. The molecule has 0 bridgehead atoms. The number of thioether (sulfide) groups is 1. The van der Waals surface area contributed by atoms with E-state index in [9.17, 15) is 0 Å². The standard InChI is InChI=1S/C11H23NOS/c1-4-13-8-9(2)12-10-6-5-7-11(10)14-3/h9-12H,4-8H2,1-3H3. The quantitative estimate of drug-likeness (QED) is 0.737. The maximum Gasteiger partial charge on any atom is 0.0616 e. The number of hydrogen-bond acceptors (Lipinski definition) is 3. The van der Waals surface area contributed by atoms with Crippen molar-refractivity contribution in [2.75, 3.05) is 19.5 Å². The van der Waals surface area contributed by atoms with Crippen LogP contribution in [0.5, 0.6) is 0 Å². The van der Waals surface area contributed by atoms with Crippen molar-refractivity contribution in [3.63, 3.8) is 0 Å². The fraction of sp³-hybridized carbons (Fsp3) is 1.00. The van der Waals surface area contributed by atoms with Gasteiger partial charge in [0.25, 0.3) is 0 Å². The van der Waals surface area contributed by atoms with E-state index in [0.717, 1.165) is 18.5 Å². The minimum absolute atomic E-state index is 0.493. The van der Waals surface area contributed by atoms with Crippen molar-refractivity contribution in [3.05, 3.63) is 0 Å². The Labute approximate surface area is 92.2 Å². The molecular weight excluding hydrogens is 194 g/mol. The maximum atomic E-state index is 5.41. The van der Waals surface area contributed by atoms with Crippen LogP contribution in [0.4, 0.5) is 0 Å². The summed E-state index contributed by atoms with van der Waals surface area (Å²) >= 11 is 2.00. The summed E-state index contributed by atoms with van der Waals surface area (Å²) in [6.07, 6.45) is 6.31. The predicted molar refractivity (Wildman–Crippen MR) is 64.0 cm³/mol. The molecule has 3 atom stereocenters.